The summed E-state index contributed by atoms with van der Waals surface area (Å²) in [7, 11) is 0. The van der Waals surface area contributed by atoms with E-state index in [1.807, 2.05) is 15.8 Å². The quantitative estimate of drug-likeness (QED) is 0.824. The summed E-state index contributed by atoms with van der Waals surface area (Å²) in [6.45, 7) is 13.9. The lowest BCUT2D eigenvalue weighted by Crippen LogP contribution is -2.58. The molecule has 1 aromatic rings. The van der Waals surface area contributed by atoms with Gasteiger partial charge in [-0.3, -0.25) is 4.79 Å². The molecule has 0 aliphatic carbocycles. The normalized spacial score (nSPS) is 23.8. The molecular weight excluding hydrogens is 354 g/mol. The zero-order valence-corrected chi connectivity index (χ0v) is 18.3. The molecular formula is C21H37N5O2. The van der Waals surface area contributed by atoms with E-state index in [9.17, 15) is 9.90 Å². The van der Waals surface area contributed by atoms with E-state index in [4.69, 9.17) is 0 Å². The molecule has 0 spiro atoms. The van der Waals surface area contributed by atoms with Crippen LogP contribution in [0.5, 0.6) is 0 Å². The van der Waals surface area contributed by atoms with Crippen LogP contribution in [0.4, 0.5) is 0 Å². The van der Waals surface area contributed by atoms with Crippen LogP contribution < -0.4 is 5.32 Å². The van der Waals surface area contributed by atoms with Crippen molar-refractivity contribution < 1.29 is 9.90 Å². The second-order valence-corrected chi connectivity index (χ2v) is 10.6. The minimum Gasteiger partial charge on any atom is -0.384 e. The van der Waals surface area contributed by atoms with Gasteiger partial charge in [0.05, 0.1) is 12.2 Å². The van der Waals surface area contributed by atoms with Crippen molar-refractivity contribution in [2.75, 3.05) is 13.1 Å². The highest BCUT2D eigenvalue weighted by atomic mass is 16.3. The number of hydrogen-bond donors (Lipinski definition) is 2. The van der Waals surface area contributed by atoms with Crippen molar-refractivity contribution in [3.05, 3.63) is 11.9 Å². The number of nitrogens with zero attached hydrogens (tertiary/aromatic N) is 4. The Morgan fingerprint density at radius 3 is 2.29 bits per heavy atom. The summed E-state index contributed by atoms with van der Waals surface area (Å²) in [6, 6.07) is 0.240. The maximum Gasteiger partial charge on any atom is 0.222 e. The smallest absolute Gasteiger partial charge is 0.222 e. The van der Waals surface area contributed by atoms with Gasteiger partial charge in [0.25, 0.3) is 0 Å². The average molecular weight is 392 g/mol. The van der Waals surface area contributed by atoms with Crippen LogP contribution >= 0.6 is 0 Å². The molecule has 2 aliphatic rings. The Hall–Kier alpha value is -1.47. The SMILES string of the molecule is CC1(C)CC(CC(=O)N2CCC(n3cc(C(C)(C)O)nn3)CC2)CC(C)(C)N1. The fraction of sp³-hybridized carbons (Fsp3) is 0.857. The van der Waals surface area contributed by atoms with Crippen molar-refractivity contribution in [3.8, 4) is 0 Å². The van der Waals surface area contributed by atoms with Crippen molar-refractivity contribution in [1.29, 1.82) is 0 Å². The van der Waals surface area contributed by atoms with Gasteiger partial charge >= 0.3 is 0 Å². The van der Waals surface area contributed by atoms with Crippen LogP contribution in [0.15, 0.2) is 6.20 Å². The summed E-state index contributed by atoms with van der Waals surface area (Å²) in [5, 5.41) is 22.1. The third-order valence-corrected chi connectivity index (χ3v) is 6.07. The van der Waals surface area contributed by atoms with Gasteiger partial charge in [0.1, 0.15) is 11.3 Å². The Bertz CT molecular complexity index is 680. The van der Waals surface area contributed by atoms with Gasteiger partial charge < -0.3 is 15.3 Å². The molecule has 0 unspecified atom stereocenters. The van der Waals surface area contributed by atoms with Crippen LogP contribution in [0.2, 0.25) is 0 Å². The number of aromatic nitrogens is 3. The number of amides is 1. The largest absolute Gasteiger partial charge is 0.384 e. The summed E-state index contributed by atoms with van der Waals surface area (Å²) >= 11 is 0. The molecule has 1 amide bonds. The van der Waals surface area contributed by atoms with Crippen molar-refractivity contribution in [1.82, 2.24) is 25.2 Å². The number of nitrogens with one attached hydrogen (secondary N) is 1. The van der Waals surface area contributed by atoms with Crippen molar-refractivity contribution in [2.45, 2.75) is 96.4 Å². The third-order valence-electron chi connectivity index (χ3n) is 6.07. The molecule has 158 valence electrons. The monoisotopic (exact) mass is 391 g/mol. The number of aliphatic hydroxyl groups is 1. The first-order chi connectivity index (χ1) is 12.8. The number of piperidine rings is 2. The maximum atomic E-state index is 12.9. The van der Waals surface area contributed by atoms with Crippen LogP contribution in [-0.2, 0) is 10.4 Å². The molecule has 7 nitrogen and oxygen atoms in total. The highest BCUT2D eigenvalue weighted by molar-refractivity contribution is 5.76. The van der Waals surface area contributed by atoms with Gasteiger partial charge in [-0.1, -0.05) is 5.21 Å². The molecule has 0 aromatic carbocycles. The van der Waals surface area contributed by atoms with Crippen LogP contribution in [0.3, 0.4) is 0 Å². The van der Waals surface area contributed by atoms with E-state index in [0.29, 0.717) is 18.0 Å². The van der Waals surface area contributed by atoms with Crippen molar-refractivity contribution in [3.63, 3.8) is 0 Å². The van der Waals surface area contributed by atoms with E-state index in [1.54, 1.807) is 13.8 Å². The van der Waals surface area contributed by atoms with Crippen molar-refractivity contribution in [2.24, 2.45) is 5.92 Å². The molecule has 3 rings (SSSR count). The minimum atomic E-state index is -0.981. The molecule has 1 aromatic heterocycles. The van der Waals surface area contributed by atoms with E-state index >= 15 is 0 Å². The lowest BCUT2D eigenvalue weighted by atomic mass is 9.74. The highest BCUT2D eigenvalue weighted by Gasteiger charge is 2.39. The number of carbonyl (C=O) groups excluding carboxylic acids is 1. The lowest BCUT2D eigenvalue weighted by Gasteiger charge is -2.46. The molecule has 0 atom stereocenters. The zero-order chi connectivity index (χ0) is 20.7. The number of rotatable bonds is 4. The van der Waals surface area contributed by atoms with Gasteiger partial charge in [0.2, 0.25) is 5.91 Å². The van der Waals surface area contributed by atoms with E-state index in [1.165, 1.54) is 0 Å². The van der Waals surface area contributed by atoms with E-state index in [0.717, 1.165) is 38.8 Å². The standard InChI is InChI=1S/C21H37N5O2/c1-19(2)12-15(13-20(3,4)23-19)11-18(27)25-9-7-16(8-10-25)26-14-17(22-24-26)21(5,6)28/h14-16,23,28H,7-13H2,1-6H3. The first-order valence-electron chi connectivity index (χ1n) is 10.6. The summed E-state index contributed by atoms with van der Waals surface area (Å²) in [5.74, 6) is 0.717. The first-order valence-corrected chi connectivity index (χ1v) is 10.6. The van der Waals surface area contributed by atoms with E-state index in [-0.39, 0.29) is 23.0 Å². The molecule has 2 saturated heterocycles. The second-order valence-electron chi connectivity index (χ2n) is 10.6. The molecule has 28 heavy (non-hydrogen) atoms. The number of hydrogen-bond acceptors (Lipinski definition) is 5. The van der Waals surface area contributed by atoms with Crippen LogP contribution in [-0.4, -0.2) is 55.1 Å². The van der Waals surface area contributed by atoms with Gasteiger partial charge in [-0.05, 0) is 73.1 Å². The van der Waals surface area contributed by atoms with Gasteiger partial charge in [0, 0.05) is 30.6 Å². The zero-order valence-electron chi connectivity index (χ0n) is 18.3. The molecule has 2 N–H and O–H groups in total. The fourth-order valence-corrected chi connectivity index (χ4v) is 5.17. The number of likely N-dealkylation sites (tertiary alicyclic amines) is 1. The van der Waals surface area contributed by atoms with Crippen LogP contribution in [0, 0.1) is 5.92 Å². The Morgan fingerprint density at radius 2 is 1.79 bits per heavy atom. The van der Waals surface area contributed by atoms with Gasteiger partial charge in [-0.2, -0.15) is 0 Å². The molecule has 0 radical (unpaired) electrons. The van der Waals surface area contributed by atoms with Crippen molar-refractivity contribution >= 4 is 5.91 Å². The highest BCUT2D eigenvalue weighted by Crippen LogP contribution is 2.35. The predicted molar refractivity (Wildman–Crippen MR) is 109 cm³/mol. The summed E-state index contributed by atoms with van der Waals surface area (Å²) in [6.07, 6.45) is 6.31. The van der Waals surface area contributed by atoms with E-state index < -0.39 is 5.60 Å². The Labute approximate surface area is 168 Å². The number of carbonyl (C=O) groups is 1. The van der Waals surface area contributed by atoms with Gasteiger partial charge in [-0.25, -0.2) is 4.68 Å². The Balaban J connectivity index is 1.53. The maximum absolute atomic E-state index is 12.9. The lowest BCUT2D eigenvalue weighted by molar-refractivity contribution is -0.134. The van der Waals surface area contributed by atoms with E-state index in [2.05, 4.69) is 43.3 Å². The van der Waals surface area contributed by atoms with Crippen LogP contribution in [0.25, 0.3) is 0 Å². The topological polar surface area (TPSA) is 83.3 Å². The van der Waals surface area contributed by atoms with Gasteiger partial charge in [-0.15, -0.1) is 5.10 Å². The Kier molecular flexibility index (Phi) is 5.62. The molecule has 2 aliphatic heterocycles. The van der Waals surface area contributed by atoms with Crippen LogP contribution in [0.1, 0.15) is 85.4 Å². The summed E-state index contributed by atoms with van der Waals surface area (Å²) in [5.41, 5.74) is -0.247. The molecule has 0 bridgehead atoms. The average Bonchev–Trinajstić information content (AvgIpc) is 3.02. The predicted octanol–water partition coefficient (Wildman–Crippen LogP) is 2.62. The summed E-state index contributed by atoms with van der Waals surface area (Å²) < 4.78 is 1.85. The second kappa shape index (κ2) is 7.41. The minimum absolute atomic E-state index is 0.0744. The van der Waals surface area contributed by atoms with Gasteiger partial charge in [0.15, 0.2) is 0 Å². The Morgan fingerprint density at radius 1 is 1.21 bits per heavy atom. The third kappa shape index (κ3) is 5.11. The first kappa shape index (κ1) is 21.2. The molecule has 7 heteroatoms. The molecule has 3 heterocycles. The summed E-state index contributed by atoms with van der Waals surface area (Å²) in [4.78, 5) is 14.9. The molecule has 0 saturated carbocycles. The fourth-order valence-electron chi connectivity index (χ4n) is 5.17. The molecule has 2 fully saturated rings.